The molecule has 21 heavy (non-hydrogen) atoms. The summed E-state index contributed by atoms with van der Waals surface area (Å²) in [6.07, 6.45) is 4.86. The highest BCUT2D eigenvalue weighted by Crippen LogP contribution is 2.32. The maximum atomic E-state index is 5.97. The fraction of sp³-hybridized carbons (Fsp3) is 0.812. The Morgan fingerprint density at radius 2 is 2.10 bits per heavy atom. The van der Waals surface area contributed by atoms with Gasteiger partial charge in [0, 0.05) is 19.1 Å². The van der Waals surface area contributed by atoms with Crippen LogP contribution >= 0.6 is 15.9 Å². The van der Waals surface area contributed by atoms with Crippen molar-refractivity contribution in [3.05, 3.63) is 15.9 Å². The van der Waals surface area contributed by atoms with E-state index in [0.29, 0.717) is 12.0 Å². The van der Waals surface area contributed by atoms with Gasteiger partial charge in [0.15, 0.2) is 0 Å². The number of aromatic nitrogens is 2. The lowest BCUT2D eigenvalue weighted by Crippen LogP contribution is -2.40. The quantitative estimate of drug-likeness (QED) is 0.815. The Hall–Kier alpha value is -0.390. The standard InChI is InChI=1S/C16H29BrN4/c1-4-13-16(17)15(21(6-3)19-13)11-20(5-2)14-9-7-8-12(14)10-18/h12,14H,4-11,18H2,1-3H3. The SMILES string of the molecule is CCc1nn(CC)c(CN(CC)C2CCCC2CN)c1Br. The largest absolute Gasteiger partial charge is 0.330 e. The second-order valence-electron chi connectivity index (χ2n) is 5.93. The molecule has 0 aliphatic heterocycles. The number of nitrogens with zero attached hydrogens (tertiary/aromatic N) is 3. The summed E-state index contributed by atoms with van der Waals surface area (Å²) in [5.41, 5.74) is 8.46. The number of hydrogen-bond acceptors (Lipinski definition) is 3. The highest BCUT2D eigenvalue weighted by Gasteiger charge is 2.31. The Balaban J connectivity index is 2.20. The zero-order valence-corrected chi connectivity index (χ0v) is 15.2. The van der Waals surface area contributed by atoms with Crippen molar-refractivity contribution in [2.24, 2.45) is 11.7 Å². The van der Waals surface area contributed by atoms with E-state index in [1.807, 2.05) is 0 Å². The molecular formula is C16H29BrN4. The minimum absolute atomic E-state index is 0.636. The minimum atomic E-state index is 0.636. The fourth-order valence-electron chi connectivity index (χ4n) is 3.60. The molecule has 1 aliphatic rings. The molecule has 0 spiro atoms. The molecule has 1 aromatic heterocycles. The Morgan fingerprint density at radius 3 is 2.67 bits per heavy atom. The molecule has 120 valence electrons. The van der Waals surface area contributed by atoms with E-state index in [4.69, 9.17) is 10.8 Å². The van der Waals surface area contributed by atoms with Gasteiger partial charge in [-0.1, -0.05) is 20.3 Å². The topological polar surface area (TPSA) is 47.1 Å². The van der Waals surface area contributed by atoms with Crippen molar-refractivity contribution < 1.29 is 0 Å². The molecule has 2 N–H and O–H groups in total. The molecule has 2 unspecified atom stereocenters. The maximum absolute atomic E-state index is 5.97. The molecule has 1 aliphatic carbocycles. The smallest absolute Gasteiger partial charge is 0.0767 e. The molecule has 0 amide bonds. The zero-order chi connectivity index (χ0) is 15.4. The van der Waals surface area contributed by atoms with Gasteiger partial charge in [-0.25, -0.2) is 0 Å². The van der Waals surface area contributed by atoms with Gasteiger partial charge in [0.1, 0.15) is 0 Å². The number of halogens is 1. The number of nitrogens with two attached hydrogens (primary N) is 1. The summed E-state index contributed by atoms with van der Waals surface area (Å²) in [6, 6.07) is 0.636. The predicted octanol–water partition coefficient (Wildman–Crippen LogP) is 3.18. The first kappa shape index (κ1) is 17.0. The Labute approximate surface area is 137 Å². The average Bonchev–Trinajstić information content (AvgIpc) is 3.09. The van der Waals surface area contributed by atoms with Gasteiger partial charge in [-0.3, -0.25) is 9.58 Å². The lowest BCUT2D eigenvalue weighted by molar-refractivity contribution is 0.157. The van der Waals surface area contributed by atoms with Crippen LogP contribution in [0.3, 0.4) is 0 Å². The third kappa shape index (κ3) is 3.51. The zero-order valence-electron chi connectivity index (χ0n) is 13.6. The molecule has 5 heteroatoms. The Kier molecular flexibility index (Phi) is 6.26. The molecule has 0 radical (unpaired) electrons. The van der Waals surface area contributed by atoms with Gasteiger partial charge >= 0.3 is 0 Å². The van der Waals surface area contributed by atoms with Crippen LogP contribution in [0.4, 0.5) is 0 Å². The van der Waals surface area contributed by atoms with Crippen LogP contribution in [0, 0.1) is 5.92 Å². The van der Waals surface area contributed by atoms with E-state index in [1.165, 1.54) is 35.1 Å². The molecule has 0 saturated heterocycles. The fourth-order valence-corrected chi connectivity index (χ4v) is 4.29. The first-order valence-corrected chi connectivity index (χ1v) is 9.13. The van der Waals surface area contributed by atoms with Crippen LogP contribution in [0.25, 0.3) is 0 Å². The lowest BCUT2D eigenvalue weighted by Gasteiger charge is -2.32. The van der Waals surface area contributed by atoms with Gasteiger partial charge in [0.05, 0.1) is 15.9 Å². The Morgan fingerprint density at radius 1 is 1.33 bits per heavy atom. The molecule has 0 bridgehead atoms. The van der Waals surface area contributed by atoms with Crippen LogP contribution in [-0.4, -0.2) is 33.8 Å². The second kappa shape index (κ2) is 7.75. The summed E-state index contributed by atoms with van der Waals surface area (Å²) in [7, 11) is 0. The van der Waals surface area contributed by atoms with Gasteiger partial charge in [-0.15, -0.1) is 0 Å². The van der Waals surface area contributed by atoms with Gasteiger partial charge in [-0.05, 0) is 61.1 Å². The van der Waals surface area contributed by atoms with Crippen molar-refractivity contribution in [1.82, 2.24) is 14.7 Å². The molecule has 4 nitrogen and oxygen atoms in total. The monoisotopic (exact) mass is 356 g/mol. The van der Waals surface area contributed by atoms with Crippen LogP contribution in [0.15, 0.2) is 4.47 Å². The van der Waals surface area contributed by atoms with E-state index in [9.17, 15) is 0 Å². The molecule has 2 rings (SSSR count). The van der Waals surface area contributed by atoms with Crippen LogP contribution in [0.5, 0.6) is 0 Å². The summed E-state index contributed by atoms with van der Waals surface area (Å²) in [5, 5.41) is 4.72. The molecule has 1 saturated carbocycles. The van der Waals surface area contributed by atoms with Gasteiger partial charge < -0.3 is 5.73 Å². The molecular weight excluding hydrogens is 328 g/mol. The highest BCUT2D eigenvalue weighted by atomic mass is 79.9. The van der Waals surface area contributed by atoms with Crippen LogP contribution in [-0.2, 0) is 19.5 Å². The molecule has 2 atom stereocenters. The summed E-state index contributed by atoms with van der Waals surface area (Å²) in [4.78, 5) is 2.60. The summed E-state index contributed by atoms with van der Waals surface area (Å²) in [5.74, 6) is 0.660. The van der Waals surface area contributed by atoms with E-state index in [0.717, 1.165) is 32.6 Å². The van der Waals surface area contributed by atoms with E-state index in [-0.39, 0.29) is 0 Å². The van der Waals surface area contributed by atoms with Crippen molar-refractivity contribution in [3.63, 3.8) is 0 Å². The lowest BCUT2D eigenvalue weighted by atomic mass is 10.0. The summed E-state index contributed by atoms with van der Waals surface area (Å²) < 4.78 is 3.35. The van der Waals surface area contributed by atoms with Crippen molar-refractivity contribution in [2.45, 2.75) is 65.6 Å². The molecule has 0 aromatic carbocycles. The van der Waals surface area contributed by atoms with Gasteiger partial charge in [0.25, 0.3) is 0 Å². The number of hydrogen-bond donors (Lipinski definition) is 1. The van der Waals surface area contributed by atoms with E-state index < -0.39 is 0 Å². The predicted molar refractivity (Wildman–Crippen MR) is 91.2 cm³/mol. The summed E-state index contributed by atoms with van der Waals surface area (Å²) >= 11 is 3.77. The first-order valence-electron chi connectivity index (χ1n) is 8.34. The summed E-state index contributed by atoms with van der Waals surface area (Å²) in [6.45, 7) is 10.4. The van der Waals surface area contributed by atoms with Crippen LogP contribution in [0.2, 0.25) is 0 Å². The van der Waals surface area contributed by atoms with Crippen molar-refractivity contribution >= 4 is 15.9 Å². The van der Waals surface area contributed by atoms with E-state index >= 15 is 0 Å². The Bertz CT molecular complexity index is 457. The highest BCUT2D eigenvalue weighted by molar-refractivity contribution is 9.10. The van der Waals surface area contributed by atoms with Crippen molar-refractivity contribution in [2.75, 3.05) is 13.1 Å². The molecule has 1 aromatic rings. The second-order valence-corrected chi connectivity index (χ2v) is 6.73. The van der Waals surface area contributed by atoms with Crippen molar-refractivity contribution in [3.8, 4) is 0 Å². The van der Waals surface area contributed by atoms with Crippen LogP contribution < -0.4 is 5.73 Å². The number of aryl methyl sites for hydroxylation is 2. The first-order chi connectivity index (χ1) is 10.2. The third-order valence-corrected chi connectivity index (χ3v) is 5.76. The number of rotatable bonds is 7. The minimum Gasteiger partial charge on any atom is -0.330 e. The van der Waals surface area contributed by atoms with E-state index in [1.54, 1.807) is 0 Å². The third-order valence-electron chi connectivity index (χ3n) is 4.84. The maximum Gasteiger partial charge on any atom is 0.0767 e. The van der Waals surface area contributed by atoms with Gasteiger partial charge in [0.2, 0.25) is 0 Å². The van der Waals surface area contributed by atoms with Crippen LogP contribution in [0.1, 0.15) is 51.4 Å². The average molecular weight is 357 g/mol. The molecule has 1 fully saturated rings. The van der Waals surface area contributed by atoms with Gasteiger partial charge in [-0.2, -0.15) is 5.10 Å². The van der Waals surface area contributed by atoms with Crippen molar-refractivity contribution in [1.29, 1.82) is 0 Å². The normalized spacial score (nSPS) is 22.4. The van der Waals surface area contributed by atoms with E-state index in [2.05, 4.69) is 46.3 Å². The molecule has 1 heterocycles.